The van der Waals surface area contributed by atoms with Crippen LogP contribution in [0.3, 0.4) is 0 Å². The number of aromatic nitrogens is 3. The fourth-order valence-electron chi connectivity index (χ4n) is 2.72. The molecule has 1 aromatic rings. The highest BCUT2D eigenvalue weighted by Gasteiger charge is 2.36. The lowest BCUT2D eigenvalue weighted by atomic mass is 9.76. The second kappa shape index (κ2) is 3.81. The zero-order valence-corrected chi connectivity index (χ0v) is 9.07. The maximum atomic E-state index is 11.6. The molecule has 2 rings (SSSR count). The Hall–Kier alpha value is -1.10. The molecular formula is C10H18N4O. The molecule has 5 heteroatoms. The standard InChI is InChI=1S/C10H18N4O/c1-8-3-2-4-10(5-8,6-11)14-7-12-13-9(14)15/h7-8H,2-6,11H2,1H3,(H,13,15). The maximum Gasteiger partial charge on any atom is 0.343 e. The van der Waals surface area contributed by atoms with E-state index in [-0.39, 0.29) is 11.2 Å². The van der Waals surface area contributed by atoms with Gasteiger partial charge in [-0.25, -0.2) is 9.89 Å². The zero-order chi connectivity index (χ0) is 10.9. The van der Waals surface area contributed by atoms with Crippen LogP contribution in [0.25, 0.3) is 0 Å². The molecule has 0 aliphatic heterocycles. The van der Waals surface area contributed by atoms with E-state index >= 15 is 0 Å². The average molecular weight is 210 g/mol. The molecule has 1 aliphatic rings. The van der Waals surface area contributed by atoms with Crippen LogP contribution in [-0.2, 0) is 5.54 Å². The molecule has 5 nitrogen and oxygen atoms in total. The molecule has 0 spiro atoms. The van der Waals surface area contributed by atoms with Crippen molar-refractivity contribution in [1.29, 1.82) is 0 Å². The van der Waals surface area contributed by atoms with Crippen LogP contribution in [0.2, 0.25) is 0 Å². The molecule has 0 bridgehead atoms. The first-order valence-corrected chi connectivity index (χ1v) is 5.50. The third-order valence-electron chi connectivity index (χ3n) is 3.51. The van der Waals surface area contributed by atoms with Gasteiger partial charge in [0.1, 0.15) is 6.33 Å². The van der Waals surface area contributed by atoms with Crippen molar-refractivity contribution in [3.8, 4) is 0 Å². The van der Waals surface area contributed by atoms with Crippen LogP contribution in [0.15, 0.2) is 11.1 Å². The Morgan fingerprint density at radius 1 is 1.80 bits per heavy atom. The molecule has 1 saturated carbocycles. The molecule has 1 heterocycles. The van der Waals surface area contributed by atoms with E-state index in [0.29, 0.717) is 12.5 Å². The summed E-state index contributed by atoms with van der Waals surface area (Å²) in [5.74, 6) is 0.629. The topological polar surface area (TPSA) is 76.7 Å². The number of rotatable bonds is 2. The zero-order valence-electron chi connectivity index (χ0n) is 9.07. The van der Waals surface area contributed by atoms with Gasteiger partial charge in [-0.2, -0.15) is 5.10 Å². The van der Waals surface area contributed by atoms with E-state index in [4.69, 9.17) is 5.73 Å². The third-order valence-corrected chi connectivity index (χ3v) is 3.51. The van der Waals surface area contributed by atoms with Crippen LogP contribution in [0.4, 0.5) is 0 Å². The predicted octanol–water partition coefficient (Wildman–Crippen LogP) is 0.435. The number of nitrogens with zero attached hydrogens (tertiary/aromatic N) is 2. The van der Waals surface area contributed by atoms with E-state index in [9.17, 15) is 4.79 Å². The van der Waals surface area contributed by atoms with Gasteiger partial charge in [0.05, 0.1) is 5.54 Å². The van der Waals surface area contributed by atoms with Gasteiger partial charge in [-0.15, -0.1) is 0 Å². The number of nitrogens with two attached hydrogens (primary N) is 1. The molecule has 2 atom stereocenters. The molecule has 3 N–H and O–H groups in total. The van der Waals surface area contributed by atoms with Gasteiger partial charge >= 0.3 is 5.69 Å². The molecule has 1 aliphatic carbocycles. The van der Waals surface area contributed by atoms with Gasteiger partial charge in [0.2, 0.25) is 0 Å². The summed E-state index contributed by atoms with van der Waals surface area (Å²) in [5.41, 5.74) is 5.51. The first kappa shape index (κ1) is 10.4. The molecule has 0 saturated heterocycles. The Labute approximate surface area is 88.7 Å². The van der Waals surface area contributed by atoms with Crippen molar-refractivity contribution in [3.05, 3.63) is 16.8 Å². The Balaban J connectivity index is 2.36. The summed E-state index contributed by atoms with van der Waals surface area (Å²) in [7, 11) is 0. The monoisotopic (exact) mass is 210 g/mol. The summed E-state index contributed by atoms with van der Waals surface area (Å²) in [4.78, 5) is 11.6. The van der Waals surface area contributed by atoms with Crippen molar-refractivity contribution in [2.75, 3.05) is 6.54 Å². The maximum absolute atomic E-state index is 11.6. The molecule has 84 valence electrons. The lowest BCUT2D eigenvalue weighted by Gasteiger charge is -2.39. The van der Waals surface area contributed by atoms with E-state index < -0.39 is 0 Å². The predicted molar refractivity (Wildman–Crippen MR) is 57.5 cm³/mol. The van der Waals surface area contributed by atoms with Gasteiger partial charge in [-0.05, 0) is 18.8 Å². The number of aromatic amines is 1. The highest BCUT2D eigenvalue weighted by molar-refractivity contribution is 4.93. The van der Waals surface area contributed by atoms with Crippen LogP contribution in [-0.4, -0.2) is 21.3 Å². The SMILES string of the molecule is CC1CCCC(CN)(n2cn[nH]c2=O)C1. The Morgan fingerprint density at radius 2 is 2.60 bits per heavy atom. The van der Waals surface area contributed by atoms with Crippen LogP contribution in [0.1, 0.15) is 32.6 Å². The highest BCUT2D eigenvalue weighted by Crippen LogP contribution is 2.36. The Bertz CT molecular complexity index is 383. The summed E-state index contributed by atoms with van der Waals surface area (Å²) >= 11 is 0. The molecule has 0 amide bonds. The Morgan fingerprint density at radius 3 is 3.13 bits per heavy atom. The van der Waals surface area contributed by atoms with Crippen molar-refractivity contribution < 1.29 is 0 Å². The third kappa shape index (κ3) is 1.71. The van der Waals surface area contributed by atoms with Crippen LogP contribution >= 0.6 is 0 Å². The van der Waals surface area contributed by atoms with Gasteiger partial charge in [-0.3, -0.25) is 4.57 Å². The van der Waals surface area contributed by atoms with E-state index in [0.717, 1.165) is 19.3 Å². The molecule has 2 unspecified atom stereocenters. The lowest BCUT2D eigenvalue weighted by molar-refractivity contribution is 0.156. The van der Waals surface area contributed by atoms with Crippen molar-refractivity contribution in [3.63, 3.8) is 0 Å². The fourth-order valence-corrected chi connectivity index (χ4v) is 2.72. The van der Waals surface area contributed by atoms with Gasteiger partial charge in [0.15, 0.2) is 0 Å². The molecule has 15 heavy (non-hydrogen) atoms. The van der Waals surface area contributed by atoms with Crippen molar-refractivity contribution >= 4 is 0 Å². The van der Waals surface area contributed by atoms with Crippen molar-refractivity contribution in [2.45, 2.75) is 38.1 Å². The Kier molecular flexibility index (Phi) is 2.65. The normalized spacial score (nSPS) is 31.7. The number of hydrogen-bond acceptors (Lipinski definition) is 3. The van der Waals surface area contributed by atoms with Gasteiger partial charge in [0, 0.05) is 6.54 Å². The summed E-state index contributed by atoms with van der Waals surface area (Å²) in [6.07, 6.45) is 5.90. The van der Waals surface area contributed by atoms with Crippen LogP contribution in [0.5, 0.6) is 0 Å². The average Bonchev–Trinajstić information content (AvgIpc) is 2.65. The number of H-pyrrole nitrogens is 1. The molecule has 1 aromatic heterocycles. The molecule has 1 fully saturated rings. The number of nitrogens with one attached hydrogen (secondary N) is 1. The first-order valence-electron chi connectivity index (χ1n) is 5.50. The minimum Gasteiger partial charge on any atom is -0.328 e. The lowest BCUT2D eigenvalue weighted by Crippen LogP contribution is -2.48. The molecule has 0 aromatic carbocycles. The van der Waals surface area contributed by atoms with E-state index in [1.807, 2.05) is 0 Å². The smallest absolute Gasteiger partial charge is 0.328 e. The second-order valence-electron chi connectivity index (χ2n) is 4.66. The second-order valence-corrected chi connectivity index (χ2v) is 4.66. The minimum atomic E-state index is -0.207. The van der Waals surface area contributed by atoms with E-state index in [1.54, 1.807) is 10.9 Å². The minimum absolute atomic E-state index is 0.144. The van der Waals surface area contributed by atoms with Crippen molar-refractivity contribution in [1.82, 2.24) is 14.8 Å². The fraction of sp³-hybridized carbons (Fsp3) is 0.800. The first-order chi connectivity index (χ1) is 7.18. The summed E-state index contributed by atoms with van der Waals surface area (Å²) in [6, 6.07) is 0. The van der Waals surface area contributed by atoms with E-state index in [1.165, 1.54) is 6.42 Å². The van der Waals surface area contributed by atoms with E-state index in [2.05, 4.69) is 17.1 Å². The molecular weight excluding hydrogens is 192 g/mol. The van der Waals surface area contributed by atoms with Crippen molar-refractivity contribution in [2.24, 2.45) is 11.7 Å². The quantitative estimate of drug-likeness (QED) is 0.743. The van der Waals surface area contributed by atoms with Gasteiger partial charge < -0.3 is 5.73 Å². The van der Waals surface area contributed by atoms with Gasteiger partial charge in [-0.1, -0.05) is 19.8 Å². The molecule has 0 radical (unpaired) electrons. The summed E-state index contributed by atoms with van der Waals surface area (Å²) in [5, 5.41) is 6.23. The largest absolute Gasteiger partial charge is 0.343 e. The summed E-state index contributed by atoms with van der Waals surface area (Å²) < 4.78 is 1.68. The number of hydrogen-bond donors (Lipinski definition) is 2. The van der Waals surface area contributed by atoms with Crippen LogP contribution < -0.4 is 11.4 Å². The van der Waals surface area contributed by atoms with Gasteiger partial charge in [0.25, 0.3) is 0 Å². The highest BCUT2D eigenvalue weighted by atomic mass is 16.1. The van der Waals surface area contributed by atoms with Crippen LogP contribution in [0, 0.1) is 5.92 Å². The summed E-state index contributed by atoms with van der Waals surface area (Å²) in [6.45, 7) is 2.73.